The maximum Gasteiger partial charge on any atom is 0.240 e. The van der Waals surface area contributed by atoms with Gasteiger partial charge < -0.3 is 15.8 Å². The van der Waals surface area contributed by atoms with Gasteiger partial charge in [0, 0.05) is 12.3 Å². The van der Waals surface area contributed by atoms with Crippen molar-refractivity contribution in [1.82, 2.24) is 5.32 Å². The molecule has 1 aromatic carbocycles. The van der Waals surface area contributed by atoms with E-state index in [9.17, 15) is 9.59 Å². The smallest absolute Gasteiger partial charge is 0.240 e. The lowest BCUT2D eigenvalue weighted by molar-refractivity contribution is -0.129. The van der Waals surface area contributed by atoms with Crippen molar-refractivity contribution in [3.63, 3.8) is 0 Å². The highest BCUT2D eigenvalue weighted by atomic mass is 16.5. The Bertz CT molecular complexity index is 441. The molecule has 0 heterocycles. The summed E-state index contributed by atoms with van der Waals surface area (Å²) in [5.41, 5.74) is 6.22. The van der Waals surface area contributed by atoms with E-state index in [1.807, 2.05) is 12.1 Å². The molecule has 3 N–H and O–H groups in total. The summed E-state index contributed by atoms with van der Waals surface area (Å²) in [6.07, 6.45) is 0.373. The second-order valence-corrected chi connectivity index (χ2v) is 4.67. The van der Waals surface area contributed by atoms with Crippen LogP contribution in [0.2, 0.25) is 0 Å². The van der Waals surface area contributed by atoms with Gasteiger partial charge in [0.25, 0.3) is 0 Å². The largest absolute Gasteiger partial charge is 0.497 e. The average molecular weight is 264 g/mol. The molecule has 0 bridgehead atoms. The molecule has 1 aromatic rings. The van der Waals surface area contributed by atoms with E-state index >= 15 is 0 Å². The van der Waals surface area contributed by atoms with Crippen molar-refractivity contribution in [3.8, 4) is 5.75 Å². The van der Waals surface area contributed by atoms with E-state index in [4.69, 9.17) is 10.5 Å². The fourth-order valence-corrected chi connectivity index (χ4v) is 1.56. The highest BCUT2D eigenvalue weighted by Gasteiger charge is 2.19. The Kier molecular flexibility index (Phi) is 5.36. The second kappa shape index (κ2) is 6.78. The lowest BCUT2D eigenvalue weighted by Gasteiger charge is -2.17. The Balaban J connectivity index is 2.72. The fraction of sp³-hybridized carbons (Fsp3) is 0.429. The van der Waals surface area contributed by atoms with Gasteiger partial charge in [-0.05, 0) is 17.7 Å². The van der Waals surface area contributed by atoms with Gasteiger partial charge in [0.1, 0.15) is 11.8 Å². The summed E-state index contributed by atoms with van der Waals surface area (Å²) < 4.78 is 5.06. The molecule has 1 rings (SSSR count). The predicted octanol–water partition coefficient (Wildman–Crippen LogP) is 0.864. The van der Waals surface area contributed by atoms with Crippen LogP contribution in [0.25, 0.3) is 0 Å². The molecule has 19 heavy (non-hydrogen) atoms. The minimum atomic E-state index is -0.691. The molecular formula is C14H20N2O3. The van der Waals surface area contributed by atoms with Crippen molar-refractivity contribution < 1.29 is 14.3 Å². The lowest BCUT2D eigenvalue weighted by atomic mass is 10.0. The Labute approximate surface area is 113 Å². The lowest BCUT2D eigenvalue weighted by Crippen LogP contribution is -2.47. The molecule has 0 radical (unpaired) electrons. The van der Waals surface area contributed by atoms with Gasteiger partial charge in [-0.3, -0.25) is 9.59 Å². The van der Waals surface area contributed by atoms with E-state index in [1.54, 1.807) is 33.1 Å². The van der Waals surface area contributed by atoms with Crippen LogP contribution in [0.1, 0.15) is 19.4 Å². The van der Waals surface area contributed by atoms with Gasteiger partial charge in [-0.2, -0.15) is 0 Å². The van der Waals surface area contributed by atoms with Crippen LogP contribution in [0.3, 0.4) is 0 Å². The third-order valence-electron chi connectivity index (χ3n) is 2.78. The van der Waals surface area contributed by atoms with E-state index < -0.39 is 11.9 Å². The van der Waals surface area contributed by atoms with Crippen LogP contribution < -0.4 is 15.8 Å². The number of hydrogen-bond acceptors (Lipinski definition) is 3. The van der Waals surface area contributed by atoms with Gasteiger partial charge in [-0.1, -0.05) is 26.0 Å². The quantitative estimate of drug-likeness (QED) is 0.799. The van der Waals surface area contributed by atoms with Gasteiger partial charge in [-0.25, -0.2) is 0 Å². The molecule has 0 unspecified atom stereocenters. The van der Waals surface area contributed by atoms with Crippen LogP contribution >= 0.6 is 0 Å². The van der Waals surface area contributed by atoms with Crippen LogP contribution in [0, 0.1) is 5.92 Å². The minimum absolute atomic E-state index is 0.183. The summed E-state index contributed by atoms with van der Waals surface area (Å²) >= 11 is 0. The first-order valence-corrected chi connectivity index (χ1v) is 6.16. The molecule has 0 spiro atoms. The van der Waals surface area contributed by atoms with Gasteiger partial charge in [-0.15, -0.1) is 0 Å². The summed E-state index contributed by atoms with van der Waals surface area (Å²) in [7, 11) is 1.59. The summed E-state index contributed by atoms with van der Waals surface area (Å²) in [6, 6.07) is 6.60. The molecule has 5 heteroatoms. The van der Waals surface area contributed by atoms with Crippen molar-refractivity contribution in [3.05, 3.63) is 29.8 Å². The van der Waals surface area contributed by atoms with Crippen molar-refractivity contribution >= 4 is 11.8 Å². The normalized spacial score (nSPS) is 12.0. The molecular weight excluding hydrogens is 244 g/mol. The molecule has 104 valence electrons. The van der Waals surface area contributed by atoms with E-state index in [0.29, 0.717) is 6.42 Å². The zero-order valence-electron chi connectivity index (χ0n) is 11.5. The number of ether oxygens (including phenoxy) is 1. The summed E-state index contributed by atoms with van der Waals surface area (Å²) in [5, 5.41) is 2.65. The van der Waals surface area contributed by atoms with E-state index in [0.717, 1.165) is 11.3 Å². The third kappa shape index (κ3) is 4.62. The SMILES string of the molecule is COc1ccc(C[C@@H](NC(=O)C(C)C)C(N)=O)cc1. The topological polar surface area (TPSA) is 81.4 Å². The number of nitrogens with one attached hydrogen (secondary N) is 1. The zero-order valence-corrected chi connectivity index (χ0v) is 11.5. The molecule has 0 aliphatic carbocycles. The molecule has 2 amide bonds. The predicted molar refractivity (Wildman–Crippen MR) is 72.7 cm³/mol. The number of rotatable bonds is 6. The molecule has 0 aliphatic heterocycles. The monoisotopic (exact) mass is 264 g/mol. The molecule has 5 nitrogen and oxygen atoms in total. The van der Waals surface area contributed by atoms with Crippen LogP contribution in [-0.4, -0.2) is 25.0 Å². The second-order valence-electron chi connectivity index (χ2n) is 4.67. The van der Waals surface area contributed by atoms with Crippen molar-refractivity contribution in [2.24, 2.45) is 11.7 Å². The molecule has 0 saturated carbocycles. The Hall–Kier alpha value is -2.04. The van der Waals surface area contributed by atoms with E-state index in [1.165, 1.54) is 0 Å². The van der Waals surface area contributed by atoms with Gasteiger partial charge in [0.15, 0.2) is 0 Å². The minimum Gasteiger partial charge on any atom is -0.497 e. The zero-order chi connectivity index (χ0) is 14.4. The summed E-state index contributed by atoms with van der Waals surface area (Å²) in [5.74, 6) is -0.162. The van der Waals surface area contributed by atoms with Crippen LogP contribution in [0.4, 0.5) is 0 Å². The number of nitrogens with two attached hydrogens (primary N) is 1. The number of carbonyl (C=O) groups excluding carboxylic acids is 2. The molecule has 0 saturated heterocycles. The molecule has 0 aliphatic rings. The van der Waals surface area contributed by atoms with E-state index in [-0.39, 0.29) is 11.8 Å². The number of primary amides is 1. The highest BCUT2D eigenvalue weighted by molar-refractivity contribution is 5.87. The summed E-state index contributed by atoms with van der Waals surface area (Å²) in [6.45, 7) is 3.53. The van der Waals surface area contributed by atoms with Crippen molar-refractivity contribution in [2.75, 3.05) is 7.11 Å². The van der Waals surface area contributed by atoms with Crippen molar-refractivity contribution in [2.45, 2.75) is 26.3 Å². The maximum absolute atomic E-state index is 11.6. The molecule has 1 atom stereocenters. The fourth-order valence-electron chi connectivity index (χ4n) is 1.56. The number of amides is 2. The number of hydrogen-bond donors (Lipinski definition) is 2. The Morgan fingerprint density at radius 3 is 2.26 bits per heavy atom. The van der Waals surface area contributed by atoms with Crippen LogP contribution in [0.5, 0.6) is 5.75 Å². The number of carbonyl (C=O) groups is 2. The maximum atomic E-state index is 11.6. The first kappa shape index (κ1) is 15.0. The van der Waals surface area contributed by atoms with Crippen LogP contribution in [-0.2, 0) is 16.0 Å². The summed E-state index contributed by atoms with van der Waals surface area (Å²) in [4.78, 5) is 23.0. The van der Waals surface area contributed by atoms with Crippen molar-refractivity contribution in [1.29, 1.82) is 0 Å². The third-order valence-corrected chi connectivity index (χ3v) is 2.78. The standard InChI is InChI=1S/C14H20N2O3/c1-9(2)14(18)16-12(13(15)17)8-10-4-6-11(19-3)7-5-10/h4-7,9,12H,8H2,1-3H3,(H2,15,17)(H,16,18)/t12-/m1/s1. The average Bonchev–Trinajstić information content (AvgIpc) is 2.38. The molecule has 0 fully saturated rings. The highest BCUT2D eigenvalue weighted by Crippen LogP contribution is 2.12. The van der Waals surface area contributed by atoms with E-state index in [2.05, 4.69) is 5.32 Å². The Morgan fingerprint density at radius 2 is 1.84 bits per heavy atom. The first-order chi connectivity index (χ1) is 8.93. The number of methoxy groups -OCH3 is 1. The van der Waals surface area contributed by atoms with Crippen LogP contribution in [0.15, 0.2) is 24.3 Å². The number of benzene rings is 1. The Morgan fingerprint density at radius 1 is 1.26 bits per heavy atom. The first-order valence-electron chi connectivity index (χ1n) is 6.16. The van der Waals surface area contributed by atoms with Gasteiger partial charge in [0.05, 0.1) is 7.11 Å². The van der Waals surface area contributed by atoms with Gasteiger partial charge in [0.2, 0.25) is 11.8 Å². The molecule has 0 aromatic heterocycles. The van der Waals surface area contributed by atoms with Gasteiger partial charge >= 0.3 is 0 Å².